The van der Waals surface area contributed by atoms with Crippen LogP contribution in [0, 0.1) is 11.8 Å². The number of rotatable bonds is 9. The number of ketones is 2. The fourth-order valence-corrected chi connectivity index (χ4v) is 6.43. The quantitative estimate of drug-likeness (QED) is 0.194. The minimum Gasteiger partial charge on any atom is -0.508 e. The van der Waals surface area contributed by atoms with Gasteiger partial charge in [-0.3, -0.25) is 19.3 Å². The summed E-state index contributed by atoms with van der Waals surface area (Å²) in [5.41, 5.74) is 1.39. The molecular formula is C28H36N2O9. The van der Waals surface area contributed by atoms with Crippen molar-refractivity contribution in [3.05, 3.63) is 46.2 Å². The number of unbranched alkanes of at least 4 members (excludes halogenated alkanes) is 3. The smallest absolute Gasteiger partial charge is 0.255 e. The molecule has 3 aliphatic rings. The van der Waals surface area contributed by atoms with Gasteiger partial charge in [-0.15, -0.1) is 0 Å². The van der Waals surface area contributed by atoms with E-state index in [0.717, 1.165) is 25.7 Å². The van der Waals surface area contributed by atoms with E-state index >= 15 is 0 Å². The Hall–Kier alpha value is -3.25. The molecule has 1 aromatic rings. The Morgan fingerprint density at radius 3 is 2.44 bits per heavy atom. The molecule has 0 aliphatic heterocycles. The van der Waals surface area contributed by atoms with Crippen molar-refractivity contribution < 1.29 is 44.7 Å². The number of aliphatic hydroxyl groups is 4. The van der Waals surface area contributed by atoms with Crippen LogP contribution in [0.3, 0.4) is 0 Å². The summed E-state index contributed by atoms with van der Waals surface area (Å²) in [4.78, 5) is 40.8. The normalized spacial score (nSPS) is 30.4. The molecule has 11 heteroatoms. The van der Waals surface area contributed by atoms with Crippen LogP contribution < -0.4 is 5.73 Å². The number of carbonyl (C=O) groups excluding carboxylic acids is 3. The van der Waals surface area contributed by atoms with Crippen LogP contribution in [-0.4, -0.2) is 93.0 Å². The topological polar surface area (TPSA) is 191 Å². The average Bonchev–Trinajstić information content (AvgIpc) is 2.87. The van der Waals surface area contributed by atoms with Gasteiger partial charge in [-0.25, -0.2) is 0 Å². The molecule has 0 spiro atoms. The van der Waals surface area contributed by atoms with Crippen molar-refractivity contribution in [3.63, 3.8) is 0 Å². The van der Waals surface area contributed by atoms with E-state index in [9.17, 15) is 39.9 Å². The SMILES string of the molecule is CCCCCCOC[C@H]1c2cccc(O)c2C(O)=C2C(=O)[C@]3(O)C(O)=C(C(N)=O)C(=O)C(N(C)C)[C@@H]3[C@@H](O)[C@@H]21. The number of benzene rings is 1. The molecule has 11 nitrogen and oxygen atoms in total. The third-order valence-electron chi connectivity index (χ3n) is 8.24. The highest BCUT2D eigenvalue weighted by Crippen LogP contribution is 2.56. The third-order valence-corrected chi connectivity index (χ3v) is 8.24. The highest BCUT2D eigenvalue weighted by atomic mass is 16.5. The van der Waals surface area contributed by atoms with Crippen LogP contribution in [0.4, 0.5) is 0 Å². The fraction of sp³-hybridized carbons (Fsp3) is 0.536. The van der Waals surface area contributed by atoms with Gasteiger partial charge in [0, 0.05) is 24.0 Å². The van der Waals surface area contributed by atoms with Crippen molar-refractivity contribution in [1.29, 1.82) is 0 Å². The summed E-state index contributed by atoms with van der Waals surface area (Å²) in [6.07, 6.45) is 2.19. The van der Waals surface area contributed by atoms with Crippen LogP contribution in [-0.2, 0) is 19.1 Å². The zero-order valence-electron chi connectivity index (χ0n) is 22.3. The van der Waals surface area contributed by atoms with Gasteiger partial charge in [-0.05, 0) is 32.1 Å². The summed E-state index contributed by atoms with van der Waals surface area (Å²) in [5.74, 6) is -9.28. The second kappa shape index (κ2) is 10.7. The molecule has 1 amide bonds. The summed E-state index contributed by atoms with van der Waals surface area (Å²) < 4.78 is 5.94. The van der Waals surface area contributed by atoms with Crippen LogP contribution >= 0.6 is 0 Å². The molecule has 0 radical (unpaired) electrons. The van der Waals surface area contributed by atoms with Crippen molar-refractivity contribution >= 4 is 23.2 Å². The largest absolute Gasteiger partial charge is 0.508 e. The lowest BCUT2D eigenvalue weighted by Crippen LogP contribution is -2.70. The van der Waals surface area contributed by atoms with Gasteiger partial charge < -0.3 is 36.0 Å². The summed E-state index contributed by atoms with van der Waals surface area (Å²) in [6.45, 7) is 2.50. The maximum Gasteiger partial charge on any atom is 0.255 e. The van der Waals surface area contributed by atoms with Crippen LogP contribution in [0.25, 0.3) is 5.76 Å². The molecule has 0 bridgehead atoms. The summed E-state index contributed by atoms with van der Waals surface area (Å²) in [6, 6.07) is 3.12. The Morgan fingerprint density at radius 2 is 1.82 bits per heavy atom. The molecule has 0 aromatic heterocycles. The first-order chi connectivity index (χ1) is 18.4. The van der Waals surface area contributed by atoms with E-state index in [1.807, 2.05) is 0 Å². The number of phenolic OH excluding ortho intramolecular Hbond substituents is 1. The third kappa shape index (κ3) is 4.33. The van der Waals surface area contributed by atoms with Gasteiger partial charge in [0.05, 0.1) is 30.2 Å². The van der Waals surface area contributed by atoms with E-state index in [4.69, 9.17) is 10.5 Å². The van der Waals surface area contributed by atoms with Crippen molar-refractivity contribution in [3.8, 4) is 5.75 Å². The predicted molar refractivity (Wildman–Crippen MR) is 140 cm³/mol. The number of nitrogens with zero attached hydrogens (tertiary/aromatic N) is 1. The number of carbonyl (C=O) groups is 3. The van der Waals surface area contributed by atoms with Crippen LogP contribution in [0.1, 0.15) is 49.7 Å². The number of primary amides is 1. The van der Waals surface area contributed by atoms with E-state index < -0.39 is 75.6 Å². The van der Waals surface area contributed by atoms with E-state index in [1.54, 1.807) is 12.1 Å². The lowest BCUT2D eigenvalue weighted by molar-refractivity contribution is -0.170. The molecule has 39 heavy (non-hydrogen) atoms. The van der Waals surface area contributed by atoms with Crippen LogP contribution in [0.15, 0.2) is 35.1 Å². The number of Topliss-reactive ketones (excluding diaryl/α,β-unsaturated/α-hetero) is 2. The summed E-state index contributed by atoms with van der Waals surface area (Å²) in [5, 5.41) is 56.5. The van der Waals surface area contributed by atoms with Crippen molar-refractivity contribution in [1.82, 2.24) is 4.90 Å². The van der Waals surface area contributed by atoms with Gasteiger partial charge in [0.25, 0.3) is 5.91 Å². The van der Waals surface area contributed by atoms with Gasteiger partial charge in [0.1, 0.15) is 22.8 Å². The number of phenols is 1. The second-order valence-electron chi connectivity index (χ2n) is 10.7. The summed E-state index contributed by atoms with van der Waals surface area (Å²) in [7, 11) is 2.93. The Labute approximate surface area is 226 Å². The maximum absolute atomic E-state index is 14.1. The number of nitrogens with two attached hydrogens (primary N) is 1. The Bertz CT molecular complexity index is 1250. The number of hydrogen-bond acceptors (Lipinski definition) is 10. The lowest BCUT2D eigenvalue weighted by atomic mass is 9.54. The van der Waals surface area contributed by atoms with Gasteiger partial charge in [0.2, 0.25) is 5.78 Å². The Kier molecular flexibility index (Phi) is 7.91. The van der Waals surface area contributed by atoms with E-state index in [0.29, 0.717) is 12.2 Å². The second-order valence-corrected chi connectivity index (χ2v) is 10.7. The molecule has 4 rings (SSSR count). The predicted octanol–water partition coefficient (Wildman–Crippen LogP) is 1.07. The average molecular weight is 545 g/mol. The number of aliphatic hydroxyl groups excluding tert-OH is 3. The molecule has 6 atom stereocenters. The molecule has 1 fully saturated rings. The summed E-state index contributed by atoms with van der Waals surface area (Å²) >= 11 is 0. The Morgan fingerprint density at radius 1 is 1.13 bits per heavy atom. The zero-order valence-corrected chi connectivity index (χ0v) is 22.3. The number of ether oxygens (including phenoxy) is 1. The highest BCUT2D eigenvalue weighted by molar-refractivity contribution is 6.24. The molecule has 0 heterocycles. The fourth-order valence-electron chi connectivity index (χ4n) is 6.43. The first kappa shape index (κ1) is 28.8. The lowest BCUT2D eigenvalue weighted by Gasteiger charge is -2.54. The van der Waals surface area contributed by atoms with Gasteiger partial charge in [0.15, 0.2) is 11.4 Å². The number of fused-ring (bicyclic) bond motifs is 3. The minimum atomic E-state index is -2.94. The molecule has 212 valence electrons. The van der Waals surface area contributed by atoms with Crippen molar-refractivity contribution in [2.45, 2.75) is 56.3 Å². The molecule has 7 N–H and O–H groups in total. The van der Waals surface area contributed by atoms with Crippen LogP contribution in [0.2, 0.25) is 0 Å². The monoisotopic (exact) mass is 544 g/mol. The van der Waals surface area contributed by atoms with E-state index in [2.05, 4.69) is 6.92 Å². The number of aromatic hydroxyl groups is 1. The van der Waals surface area contributed by atoms with Crippen LogP contribution in [0.5, 0.6) is 5.75 Å². The van der Waals surface area contributed by atoms with Gasteiger partial charge in [-0.1, -0.05) is 38.3 Å². The van der Waals surface area contributed by atoms with Crippen molar-refractivity contribution in [2.75, 3.05) is 27.3 Å². The molecule has 1 saturated carbocycles. The maximum atomic E-state index is 14.1. The molecule has 0 saturated heterocycles. The van der Waals surface area contributed by atoms with Gasteiger partial charge >= 0.3 is 0 Å². The molecule has 3 aliphatic carbocycles. The highest BCUT2D eigenvalue weighted by Gasteiger charge is 2.68. The standard InChI is InChI=1S/C28H36N2O9/c1-4-5-6-7-11-39-12-14-13-9-8-10-15(31)16(13)22(32)18-17(14)23(33)20-21(30(2)3)24(34)19(27(29)37)26(36)28(20,38)25(18)35/h8-10,14,17,20-21,23,31-33,36,38H,4-7,11-12H2,1-3H3,(H2,29,37)/t14-,17+,20+,21?,23-,28-/m0/s1. The van der Waals surface area contributed by atoms with Gasteiger partial charge in [-0.2, -0.15) is 0 Å². The zero-order chi connectivity index (χ0) is 28.8. The number of likely N-dealkylation sites (N-methyl/N-ethyl adjacent to an activating group) is 1. The Balaban J connectivity index is 1.89. The minimum absolute atomic E-state index is 0.00838. The van der Waals surface area contributed by atoms with E-state index in [-0.39, 0.29) is 17.9 Å². The molecule has 1 aromatic carbocycles. The number of amides is 1. The first-order valence-electron chi connectivity index (χ1n) is 13.1. The number of hydrogen-bond donors (Lipinski definition) is 6. The van der Waals surface area contributed by atoms with Crippen molar-refractivity contribution in [2.24, 2.45) is 17.6 Å². The first-order valence-corrected chi connectivity index (χ1v) is 13.1. The van der Waals surface area contributed by atoms with E-state index in [1.165, 1.54) is 25.1 Å². The molecule has 1 unspecified atom stereocenters. The molecular weight excluding hydrogens is 508 g/mol.